The molecular weight excluding hydrogens is 228 g/mol. The number of benzene rings is 1. The number of hydrogen-bond acceptors (Lipinski definition) is 3. The molecule has 1 saturated heterocycles. The summed E-state index contributed by atoms with van der Waals surface area (Å²) in [6.45, 7) is 1.48. The van der Waals surface area contributed by atoms with Gasteiger partial charge in [-0.3, -0.25) is 9.59 Å². The smallest absolute Gasteiger partial charge is 0.307 e. The van der Waals surface area contributed by atoms with Crippen molar-refractivity contribution in [3.8, 4) is 0 Å². The number of cyclic esters (lactones) is 1. The molecule has 0 aliphatic carbocycles. The molecule has 1 heterocycles. The predicted octanol–water partition coefficient (Wildman–Crippen LogP) is 2.53. The molecule has 0 saturated carbocycles. The van der Waals surface area contributed by atoms with Crippen molar-refractivity contribution < 1.29 is 14.3 Å². The minimum absolute atomic E-state index is 0.0224. The summed E-state index contributed by atoms with van der Waals surface area (Å²) in [5, 5.41) is 0.618. The minimum atomic E-state index is -0.456. The van der Waals surface area contributed by atoms with Gasteiger partial charge < -0.3 is 4.74 Å². The van der Waals surface area contributed by atoms with Crippen molar-refractivity contribution in [3.05, 3.63) is 34.9 Å². The average Bonchev–Trinajstić information content (AvgIpc) is 2.61. The van der Waals surface area contributed by atoms with Gasteiger partial charge in [-0.2, -0.15) is 0 Å². The summed E-state index contributed by atoms with van der Waals surface area (Å²) >= 11 is 5.77. The largest absolute Gasteiger partial charge is 0.457 e. The first kappa shape index (κ1) is 11.1. The van der Waals surface area contributed by atoms with E-state index in [-0.39, 0.29) is 24.1 Å². The maximum atomic E-state index is 11.4. The fraction of sp³-hybridized carbons (Fsp3) is 0.333. The molecule has 1 fully saturated rings. The van der Waals surface area contributed by atoms with Crippen molar-refractivity contribution in [3.63, 3.8) is 0 Å². The SMILES string of the molecule is CC(=O)[C@H]1CC(=O)O[C@@H]1c1ccc(Cl)cc1. The molecule has 1 aliphatic heterocycles. The predicted molar refractivity (Wildman–Crippen MR) is 59.1 cm³/mol. The van der Waals surface area contributed by atoms with E-state index in [1.54, 1.807) is 24.3 Å². The van der Waals surface area contributed by atoms with Crippen LogP contribution < -0.4 is 0 Å². The highest BCUT2D eigenvalue weighted by Crippen LogP contribution is 2.36. The Labute approximate surface area is 98.4 Å². The Bertz CT molecular complexity index is 424. The molecule has 2 rings (SSSR count). The van der Waals surface area contributed by atoms with Crippen molar-refractivity contribution in [2.75, 3.05) is 0 Å². The third-order valence-electron chi connectivity index (χ3n) is 2.73. The van der Waals surface area contributed by atoms with Gasteiger partial charge in [0.25, 0.3) is 0 Å². The number of hydrogen-bond donors (Lipinski definition) is 0. The van der Waals surface area contributed by atoms with Gasteiger partial charge in [0.2, 0.25) is 0 Å². The Hall–Kier alpha value is -1.35. The van der Waals surface area contributed by atoms with E-state index in [0.717, 1.165) is 5.56 Å². The van der Waals surface area contributed by atoms with Crippen LogP contribution in [-0.4, -0.2) is 11.8 Å². The van der Waals surface area contributed by atoms with Gasteiger partial charge in [-0.05, 0) is 24.6 Å². The standard InChI is InChI=1S/C12H11ClO3/c1-7(14)10-6-11(15)16-12(10)8-2-4-9(13)5-3-8/h2-5,10,12H,6H2,1H3/t10-,12-/m1/s1. The van der Waals surface area contributed by atoms with E-state index in [9.17, 15) is 9.59 Å². The lowest BCUT2D eigenvalue weighted by molar-refractivity contribution is -0.141. The highest BCUT2D eigenvalue weighted by Gasteiger charge is 2.38. The van der Waals surface area contributed by atoms with Crippen LogP contribution in [0.1, 0.15) is 25.0 Å². The van der Waals surface area contributed by atoms with Crippen LogP contribution in [0.25, 0.3) is 0 Å². The van der Waals surface area contributed by atoms with Crippen LogP contribution in [0.15, 0.2) is 24.3 Å². The van der Waals surface area contributed by atoms with Crippen molar-refractivity contribution in [1.29, 1.82) is 0 Å². The summed E-state index contributed by atoms with van der Waals surface area (Å²) in [6.07, 6.45) is -0.287. The number of rotatable bonds is 2. The highest BCUT2D eigenvalue weighted by atomic mass is 35.5. The number of carbonyl (C=O) groups is 2. The van der Waals surface area contributed by atoms with Gasteiger partial charge in [-0.15, -0.1) is 0 Å². The third kappa shape index (κ3) is 2.09. The molecule has 3 nitrogen and oxygen atoms in total. The number of halogens is 1. The molecule has 1 aromatic rings. The first-order valence-corrected chi connectivity index (χ1v) is 5.41. The molecule has 0 aromatic heterocycles. The lowest BCUT2D eigenvalue weighted by Gasteiger charge is -2.15. The van der Waals surface area contributed by atoms with Crippen molar-refractivity contribution >= 4 is 23.4 Å². The van der Waals surface area contributed by atoms with Crippen LogP contribution >= 0.6 is 11.6 Å². The summed E-state index contributed by atoms with van der Waals surface area (Å²) in [4.78, 5) is 22.6. The normalized spacial score (nSPS) is 24.2. The van der Waals surface area contributed by atoms with Gasteiger partial charge in [-0.25, -0.2) is 0 Å². The van der Waals surface area contributed by atoms with Gasteiger partial charge >= 0.3 is 5.97 Å². The molecule has 16 heavy (non-hydrogen) atoms. The summed E-state index contributed by atoms with van der Waals surface area (Å²) in [5.74, 6) is -0.709. The highest BCUT2D eigenvalue weighted by molar-refractivity contribution is 6.30. The molecule has 1 aromatic carbocycles. The maximum absolute atomic E-state index is 11.4. The van der Waals surface area contributed by atoms with Crippen LogP contribution in [0.4, 0.5) is 0 Å². The average molecular weight is 239 g/mol. The van der Waals surface area contributed by atoms with Crippen LogP contribution in [-0.2, 0) is 14.3 Å². The Kier molecular flexibility index (Phi) is 2.97. The zero-order valence-electron chi connectivity index (χ0n) is 8.77. The summed E-state index contributed by atoms with van der Waals surface area (Å²) < 4.78 is 5.16. The van der Waals surface area contributed by atoms with Gasteiger partial charge in [-0.1, -0.05) is 23.7 Å². The van der Waals surface area contributed by atoms with E-state index >= 15 is 0 Å². The van der Waals surface area contributed by atoms with Gasteiger partial charge in [0.1, 0.15) is 11.9 Å². The molecule has 0 spiro atoms. The second-order valence-corrected chi connectivity index (χ2v) is 4.32. The van der Waals surface area contributed by atoms with E-state index < -0.39 is 6.10 Å². The molecule has 0 amide bonds. The molecule has 4 heteroatoms. The maximum Gasteiger partial charge on any atom is 0.307 e. The number of ketones is 1. The van der Waals surface area contributed by atoms with E-state index in [1.807, 2.05) is 0 Å². The lowest BCUT2D eigenvalue weighted by Crippen LogP contribution is -2.15. The summed E-state index contributed by atoms with van der Waals surface area (Å²) in [7, 11) is 0. The van der Waals surface area contributed by atoms with Gasteiger partial charge in [0.15, 0.2) is 0 Å². The molecule has 0 radical (unpaired) electrons. The first-order valence-electron chi connectivity index (χ1n) is 5.03. The number of carbonyl (C=O) groups excluding carboxylic acids is 2. The Balaban J connectivity index is 2.28. The number of ether oxygens (including phenoxy) is 1. The van der Waals surface area contributed by atoms with Crippen LogP contribution in [0, 0.1) is 5.92 Å². The van der Waals surface area contributed by atoms with E-state index in [1.165, 1.54) is 6.92 Å². The molecular formula is C12H11ClO3. The van der Waals surface area contributed by atoms with Crippen molar-refractivity contribution in [2.45, 2.75) is 19.4 Å². The zero-order valence-corrected chi connectivity index (χ0v) is 9.53. The second-order valence-electron chi connectivity index (χ2n) is 3.88. The van der Waals surface area contributed by atoms with Crippen LogP contribution in [0.5, 0.6) is 0 Å². The molecule has 2 atom stereocenters. The molecule has 0 N–H and O–H groups in total. The summed E-state index contributed by atoms with van der Waals surface area (Å²) in [5.41, 5.74) is 0.815. The lowest BCUT2D eigenvalue weighted by atomic mass is 9.92. The third-order valence-corrected chi connectivity index (χ3v) is 2.98. The van der Waals surface area contributed by atoms with E-state index in [2.05, 4.69) is 0 Å². The molecule has 84 valence electrons. The Morgan fingerprint density at radius 2 is 2.00 bits per heavy atom. The summed E-state index contributed by atoms with van der Waals surface area (Å²) in [6, 6.07) is 7.00. The fourth-order valence-electron chi connectivity index (χ4n) is 1.87. The molecule has 0 unspecified atom stereocenters. The quantitative estimate of drug-likeness (QED) is 0.744. The number of Topliss-reactive ketones (excluding diaryl/α,β-unsaturated/α-hetero) is 1. The van der Waals surface area contributed by atoms with E-state index in [0.29, 0.717) is 5.02 Å². The second kappa shape index (κ2) is 4.26. The van der Waals surface area contributed by atoms with Gasteiger partial charge in [0.05, 0.1) is 12.3 Å². The minimum Gasteiger partial charge on any atom is -0.457 e. The zero-order chi connectivity index (χ0) is 11.7. The van der Waals surface area contributed by atoms with Crippen molar-refractivity contribution in [1.82, 2.24) is 0 Å². The molecule has 1 aliphatic rings. The monoisotopic (exact) mass is 238 g/mol. The molecule has 0 bridgehead atoms. The Morgan fingerprint density at radius 3 is 2.56 bits per heavy atom. The van der Waals surface area contributed by atoms with Crippen LogP contribution in [0.2, 0.25) is 5.02 Å². The Morgan fingerprint density at radius 1 is 1.38 bits per heavy atom. The topological polar surface area (TPSA) is 43.4 Å². The first-order chi connectivity index (χ1) is 7.58. The van der Waals surface area contributed by atoms with E-state index in [4.69, 9.17) is 16.3 Å². The fourth-order valence-corrected chi connectivity index (χ4v) is 1.99. The van der Waals surface area contributed by atoms with Crippen LogP contribution in [0.3, 0.4) is 0 Å². The van der Waals surface area contributed by atoms with Crippen molar-refractivity contribution in [2.24, 2.45) is 5.92 Å². The number of esters is 1. The van der Waals surface area contributed by atoms with Gasteiger partial charge in [0, 0.05) is 5.02 Å².